The molecule has 0 spiro atoms. The lowest BCUT2D eigenvalue weighted by Crippen LogP contribution is -2.36. The number of hydrogen-bond acceptors (Lipinski definition) is 7. The molecule has 0 aromatic carbocycles. The van der Waals surface area contributed by atoms with Crippen LogP contribution in [0.4, 0.5) is 10.6 Å². The molecule has 1 N–H and O–H groups in total. The monoisotopic (exact) mass is 374 g/mol. The van der Waals surface area contributed by atoms with Gasteiger partial charge in [-0.25, -0.2) is 19.7 Å². The lowest BCUT2D eigenvalue weighted by molar-refractivity contribution is 0.0293. The normalized spacial score (nSPS) is 17.4. The van der Waals surface area contributed by atoms with Crippen LogP contribution >= 0.6 is 0 Å². The number of Topliss-reactive ketones (excluding diaryl/α,β-unsaturated/α-hetero) is 1. The molecule has 27 heavy (non-hydrogen) atoms. The van der Waals surface area contributed by atoms with Crippen molar-refractivity contribution in [3.8, 4) is 0 Å². The Morgan fingerprint density at radius 2 is 2.07 bits per heavy atom. The molecule has 0 unspecified atom stereocenters. The first-order valence-corrected chi connectivity index (χ1v) is 9.16. The molecule has 0 aliphatic carbocycles. The molecule has 1 amide bonds. The van der Waals surface area contributed by atoms with Gasteiger partial charge in [0.05, 0.1) is 0 Å². The third kappa shape index (κ3) is 4.01. The summed E-state index contributed by atoms with van der Waals surface area (Å²) >= 11 is 0. The van der Waals surface area contributed by atoms with Gasteiger partial charge in [0.1, 0.15) is 11.9 Å². The van der Waals surface area contributed by atoms with Crippen LogP contribution in [0.5, 0.6) is 0 Å². The molecular weight excluding hydrogens is 348 g/mol. The molecular formula is C18H26N6O3. The average Bonchev–Trinajstić information content (AvgIpc) is 3.18. The second kappa shape index (κ2) is 7.13. The predicted molar refractivity (Wildman–Crippen MR) is 101 cm³/mol. The highest BCUT2D eigenvalue weighted by Crippen LogP contribution is 2.23. The van der Waals surface area contributed by atoms with E-state index in [0.717, 1.165) is 6.42 Å². The number of rotatable bonds is 4. The third-order valence-electron chi connectivity index (χ3n) is 4.34. The Hall–Kier alpha value is -2.71. The van der Waals surface area contributed by atoms with E-state index in [4.69, 9.17) is 4.74 Å². The highest BCUT2D eigenvalue weighted by molar-refractivity contribution is 5.96. The van der Waals surface area contributed by atoms with Crippen LogP contribution in [0.2, 0.25) is 0 Å². The first kappa shape index (κ1) is 19.1. The van der Waals surface area contributed by atoms with Crippen LogP contribution in [0.15, 0.2) is 6.33 Å². The van der Waals surface area contributed by atoms with Gasteiger partial charge in [-0.15, -0.1) is 0 Å². The summed E-state index contributed by atoms with van der Waals surface area (Å²) < 4.78 is 7.21. The molecule has 1 aliphatic heterocycles. The Morgan fingerprint density at radius 1 is 1.33 bits per heavy atom. The Balaban J connectivity index is 1.78. The number of hydrogen-bond donors (Lipinski definition) is 1. The fourth-order valence-electron chi connectivity index (χ4n) is 3.17. The van der Waals surface area contributed by atoms with Crippen LogP contribution in [0.1, 0.15) is 51.7 Å². The quantitative estimate of drug-likeness (QED) is 0.820. The summed E-state index contributed by atoms with van der Waals surface area (Å²) in [5, 5.41) is 3.35. The molecule has 1 saturated heterocycles. The smallest absolute Gasteiger partial charge is 0.410 e. The summed E-state index contributed by atoms with van der Waals surface area (Å²) in [5.41, 5.74) is 0.680. The Kier molecular flexibility index (Phi) is 5.03. The molecule has 3 heterocycles. The first-order valence-electron chi connectivity index (χ1n) is 9.16. The third-order valence-corrected chi connectivity index (χ3v) is 4.34. The molecule has 1 fully saturated rings. The number of carbonyl (C=O) groups is 2. The van der Waals surface area contributed by atoms with E-state index in [-0.39, 0.29) is 17.9 Å². The Morgan fingerprint density at radius 3 is 2.70 bits per heavy atom. The SMILES string of the molecule is CCn1c(C(C)=O)nc2c(N[C@H]3CCN(C(=O)OC(C)(C)C)C3)ncnc21. The number of fused-ring (bicyclic) bond motifs is 1. The van der Waals surface area contributed by atoms with Gasteiger partial charge in [0.2, 0.25) is 0 Å². The standard InChI is InChI=1S/C18H26N6O3/c1-6-24-15(11(2)25)22-13-14(19-10-20-16(13)24)21-12-7-8-23(9-12)17(26)27-18(3,4)5/h10,12H,6-9H2,1-5H3,(H,19,20,21)/t12-/m0/s1. The maximum absolute atomic E-state index is 12.2. The maximum Gasteiger partial charge on any atom is 0.410 e. The fraction of sp³-hybridized carbons (Fsp3) is 0.611. The van der Waals surface area contributed by atoms with E-state index < -0.39 is 5.60 Å². The summed E-state index contributed by atoms with van der Waals surface area (Å²) in [5.74, 6) is 0.835. The molecule has 2 aromatic rings. The number of amides is 1. The number of nitrogens with one attached hydrogen (secondary N) is 1. The summed E-state index contributed by atoms with van der Waals surface area (Å²) in [4.78, 5) is 38.8. The van der Waals surface area contributed by atoms with Gasteiger partial charge < -0.3 is 19.5 Å². The lowest BCUT2D eigenvalue weighted by atomic mass is 10.2. The Bertz CT molecular complexity index is 870. The number of aryl methyl sites for hydroxylation is 1. The summed E-state index contributed by atoms with van der Waals surface area (Å²) in [6.45, 7) is 10.7. The number of likely N-dealkylation sites (tertiary alicyclic amines) is 1. The number of carbonyl (C=O) groups excluding carboxylic acids is 2. The van der Waals surface area contributed by atoms with Crippen LogP contribution < -0.4 is 5.32 Å². The van der Waals surface area contributed by atoms with E-state index >= 15 is 0 Å². The minimum absolute atomic E-state index is 0.0307. The summed E-state index contributed by atoms with van der Waals surface area (Å²) in [7, 11) is 0. The minimum atomic E-state index is -0.516. The van der Waals surface area contributed by atoms with Gasteiger partial charge in [-0.3, -0.25) is 4.79 Å². The molecule has 2 aromatic heterocycles. The molecule has 1 aliphatic rings. The van der Waals surface area contributed by atoms with Crippen LogP contribution in [0.25, 0.3) is 11.2 Å². The number of ether oxygens (including phenoxy) is 1. The van der Waals surface area contributed by atoms with Gasteiger partial charge in [-0.2, -0.15) is 0 Å². The minimum Gasteiger partial charge on any atom is -0.444 e. The van der Waals surface area contributed by atoms with Gasteiger partial charge in [0.25, 0.3) is 0 Å². The molecule has 0 saturated carbocycles. The van der Waals surface area contributed by atoms with Crippen molar-refractivity contribution >= 4 is 28.9 Å². The van der Waals surface area contributed by atoms with E-state index in [1.165, 1.54) is 13.3 Å². The van der Waals surface area contributed by atoms with Crippen molar-refractivity contribution in [3.05, 3.63) is 12.2 Å². The van der Waals surface area contributed by atoms with Crippen molar-refractivity contribution in [3.63, 3.8) is 0 Å². The van der Waals surface area contributed by atoms with E-state index in [1.807, 2.05) is 27.7 Å². The zero-order valence-electron chi connectivity index (χ0n) is 16.4. The van der Waals surface area contributed by atoms with Gasteiger partial charge in [-0.05, 0) is 34.1 Å². The van der Waals surface area contributed by atoms with Crippen LogP contribution in [-0.4, -0.2) is 61.0 Å². The summed E-state index contributed by atoms with van der Waals surface area (Å²) in [6.07, 6.45) is 1.93. The largest absolute Gasteiger partial charge is 0.444 e. The zero-order chi connectivity index (χ0) is 19.8. The second-order valence-corrected chi connectivity index (χ2v) is 7.69. The number of nitrogens with zero attached hydrogens (tertiary/aromatic N) is 5. The number of imidazole rings is 1. The van der Waals surface area contributed by atoms with Crippen LogP contribution in [0.3, 0.4) is 0 Å². The topological polar surface area (TPSA) is 102 Å². The Labute approximate surface area is 158 Å². The molecule has 0 radical (unpaired) electrons. The predicted octanol–water partition coefficient (Wildman–Crippen LogP) is 2.47. The van der Waals surface area contributed by atoms with Gasteiger partial charge in [-0.1, -0.05) is 0 Å². The van der Waals surface area contributed by atoms with Crippen molar-refractivity contribution in [2.45, 2.75) is 59.2 Å². The number of anilines is 1. The highest BCUT2D eigenvalue weighted by atomic mass is 16.6. The van der Waals surface area contributed by atoms with Gasteiger partial charge >= 0.3 is 6.09 Å². The van der Waals surface area contributed by atoms with Crippen molar-refractivity contribution in [2.75, 3.05) is 18.4 Å². The number of aromatic nitrogens is 4. The van der Waals surface area contributed by atoms with E-state index in [2.05, 4.69) is 20.3 Å². The molecule has 9 nitrogen and oxygen atoms in total. The second-order valence-electron chi connectivity index (χ2n) is 7.69. The van der Waals surface area contributed by atoms with Crippen LogP contribution in [-0.2, 0) is 11.3 Å². The van der Waals surface area contributed by atoms with E-state index in [0.29, 0.717) is 42.4 Å². The van der Waals surface area contributed by atoms with E-state index in [9.17, 15) is 9.59 Å². The molecule has 3 rings (SSSR count). The maximum atomic E-state index is 12.2. The fourth-order valence-corrected chi connectivity index (χ4v) is 3.17. The molecule has 9 heteroatoms. The highest BCUT2D eigenvalue weighted by Gasteiger charge is 2.30. The molecule has 0 bridgehead atoms. The molecule has 146 valence electrons. The van der Waals surface area contributed by atoms with Crippen molar-refractivity contribution in [1.82, 2.24) is 24.4 Å². The van der Waals surface area contributed by atoms with Gasteiger partial charge in [0, 0.05) is 32.6 Å². The number of ketones is 1. The van der Waals surface area contributed by atoms with E-state index in [1.54, 1.807) is 9.47 Å². The van der Waals surface area contributed by atoms with Crippen molar-refractivity contribution in [1.29, 1.82) is 0 Å². The van der Waals surface area contributed by atoms with Crippen molar-refractivity contribution in [2.24, 2.45) is 0 Å². The van der Waals surface area contributed by atoms with Crippen LogP contribution in [0, 0.1) is 0 Å². The first-order chi connectivity index (χ1) is 12.7. The van der Waals surface area contributed by atoms with Gasteiger partial charge in [0.15, 0.2) is 28.6 Å². The zero-order valence-corrected chi connectivity index (χ0v) is 16.4. The van der Waals surface area contributed by atoms with Crippen molar-refractivity contribution < 1.29 is 14.3 Å². The lowest BCUT2D eigenvalue weighted by Gasteiger charge is -2.24. The summed E-state index contributed by atoms with van der Waals surface area (Å²) in [6, 6.07) is 0.0307. The average molecular weight is 374 g/mol. The molecule has 1 atom stereocenters.